The highest BCUT2D eigenvalue weighted by Crippen LogP contribution is 2.05. The fraction of sp³-hybridized carbons (Fsp3) is 0.125. The zero-order valence-electron chi connectivity index (χ0n) is 5.41. The molecule has 0 aromatic heterocycles. The van der Waals surface area contributed by atoms with Crippen molar-refractivity contribution in [2.24, 2.45) is 0 Å². The first-order valence-corrected chi connectivity index (χ1v) is 2.97. The highest BCUT2D eigenvalue weighted by atomic mass is 14.5. The van der Waals surface area contributed by atoms with Gasteiger partial charge < -0.3 is 0 Å². The van der Waals surface area contributed by atoms with Crippen molar-refractivity contribution in [3.05, 3.63) is 35.4 Å². The molecule has 2 heteroatoms. The Bertz CT molecular complexity index is 260. The standard InChI is InChI=1S/C8H6N2/c9-5-7-3-1-2-4-8(7)6-10/h1-4H,5H2. The van der Waals surface area contributed by atoms with Crippen LogP contribution in [0.1, 0.15) is 11.1 Å². The lowest BCUT2D eigenvalue weighted by Gasteiger charge is -1.94. The third kappa shape index (κ3) is 1.15. The van der Waals surface area contributed by atoms with Gasteiger partial charge in [0.2, 0.25) is 0 Å². The molecule has 0 saturated carbocycles. The molecule has 2 radical (unpaired) electrons. The van der Waals surface area contributed by atoms with E-state index in [9.17, 15) is 0 Å². The van der Waals surface area contributed by atoms with Gasteiger partial charge in [-0.15, -0.1) is 5.73 Å². The van der Waals surface area contributed by atoms with Gasteiger partial charge in [-0.3, -0.25) is 0 Å². The number of nitrogens with zero attached hydrogens (tertiary/aromatic N) is 2. The Hall–Kier alpha value is -1.33. The van der Waals surface area contributed by atoms with Gasteiger partial charge in [0.25, 0.3) is 0 Å². The van der Waals surface area contributed by atoms with Gasteiger partial charge in [0.1, 0.15) is 0 Å². The van der Waals surface area contributed by atoms with Crippen molar-refractivity contribution >= 4 is 0 Å². The van der Waals surface area contributed by atoms with E-state index >= 15 is 0 Å². The molecule has 0 fully saturated rings. The molecule has 0 atom stereocenters. The largest absolute Gasteiger partial charge is 0.192 e. The van der Waals surface area contributed by atoms with Gasteiger partial charge in [-0.2, -0.15) is 5.26 Å². The summed E-state index contributed by atoms with van der Waals surface area (Å²) >= 11 is 0. The SMILES string of the molecule is [N]Cc1ccccc1C#N. The van der Waals surface area contributed by atoms with Crippen LogP contribution in [0.25, 0.3) is 0 Å². The predicted molar refractivity (Wildman–Crippen MR) is 37.0 cm³/mol. The minimum absolute atomic E-state index is 0.0657. The van der Waals surface area contributed by atoms with Crippen LogP contribution in [0.3, 0.4) is 0 Å². The van der Waals surface area contributed by atoms with Crippen molar-refractivity contribution in [1.29, 1.82) is 5.26 Å². The van der Waals surface area contributed by atoms with Gasteiger partial charge in [0, 0.05) is 0 Å². The molecule has 2 nitrogen and oxygen atoms in total. The molecule has 0 amide bonds. The summed E-state index contributed by atoms with van der Waals surface area (Å²) in [6.45, 7) is -0.0657. The fourth-order valence-electron chi connectivity index (χ4n) is 0.767. The average molecular weight is 130 g/mol. The zero-order chi connectivity index (χ0) is 7.40. The van der Waals surface area contributed by atoms with Crippen molar-refractivity contribution in [1.82, 2.24) is 5.73 Å². The Kier molecular flexibility index (Phi) is 2.03. The van der Waals surface area contributed by atoms with Gasteiger partial charge in [0.05, 0.1) is 18.2 Å². The Morgan fingerprint density at radius 2 is 2.00 bits per heavy atom. The number of rotatable bonds is 1. The molecule has 0 aliphatic heterocycles. The summed E-state index contributed by atoms with van der Waals surface area (Å²) in [5.41, 5.74) is 9.93. The molecule has 1 rings (SSSR count). The second-order valence-electron chi connectivity index (χ2n) is 1.93. The predicted octanol–water partition coefficient (Wildman–Crippen LogP) is 1.13. The maximum atomic E-state index is 8.70. The van der Waals surface area contributed by atoms with Crippen molar-refractivity contribution in [2.75, 3.05) is 0 Å². The van der Waals surface area contributed by atoms with Crippen molar-refractivity contribution in [2.45, 2.75) is 6.54 Å². The van der Waals surface area contributed by atoms with Gasteiger partial charge in [-0.05, 0) is 11.6 Å². The van der Waals surface area contributed by atoms with Crippen LogP contribution >= 0.6 is 0 Å². The van der Waals surface area contributed by atoms with Gasteiger partial charge in [-0.1, -0.05) is 18.2 Å². The maximum Gasteiger partial charge on any atom is 0.0995 e. The lowest BCUT2D eigenvalue weighted by atomic mass is 10.1. The van der Waals surface area contributed by atoms with E-state index < -0.39 is 0 Å². The Morgan fingerprint density at radius 1 is 1.30 bits per heavy atom. The Morgan fingerprint density at radius 3 is 2.50 bits per heavy atom. The fourth-order valence-corrected chi connectivity index (χ4v) is 0.767. The summed E-state index contributed by atoms with van der Waals surface area (Å²) in [5, 5.41) is 8.49. The van der Waals surface area contributed by atoms with E-state index in [1.165, 1.54) is 0 Å². The van der Waals surface area contributed by atoms with Crippen LogP contribution in [0, 0.1) is 11.3 Å². The number of nitriles is 1. The highest BCUT2D eigenvalue weighted by Gasteiger charge is 1.95. The van der Waals surface area contributed by atoms with E-state index in [4.69, 9.17) is 11.0 Å². The van der Waals surface area contributed by atoms with E-state index in [-0.39, 0.29) is 6.54 Å². The molecule has 0 heterocycles. The molecule has 0 bridgehead atoms. The molecule has 0 aliphatic rings. The average Bonchev–Trinajstić information content (AvgIpc) is 2.04. The number of benzene rings is 1. The normalized spacial score (nSPS) is 8.80. The minimum atomic E-state index is -0.0657. The first-order chi connectivity index (χ1) is 4.88. The van der Waals surface area contributed by atoms with E-state index in [2.05, 4.69) is 0 Å². The molecule has 48 valence electrons. The molecular weight excluding hydrogens is 124 g/mol. The Balaban J connectivity index is 3.12. The third-order valence-corrected chi connectivity index (χ3v) is 1.31. The molecule has 10 heavy (non-hydrogen) atoms. The topological polar surface area (TPSA) is 46.1 Å². The minimum Gasteiger partial charge on any atom is -0.192 e. The van der Waals surface area contributed by atoms with E-state index in [0.717, 1.165) is 0 Å². The van der Waals surface area contributed by atoms with E-state index in [0.29, 0.717) is 11.1 Å². The van der Waals surface area contributed by atoms with Crippen LogP contribution in [-0.2, 0) is 6.54 Å². The first kappa shape index (κ1) is 6.79. The highest BCUT2D eigenvalue weighted by molar-refractivity contribution is 5.36. The summed E-state index contributed by atoms with van der Waals surface area (Å²) in [6.07, 6.45) is 0. The molecule has 0 spiro atoms. The molecule has 0 unspecified atom stereocenters. The number of hydrogen-bond acceptors (Lipinski definition) is 1. The second kappa shape index (κ2) is 3.00. The molecular formula is C8H6N2. The van der Waals surface area contributed by atoms with Crippen LogP contribution in [0.4, 0.5) is 0 Å². The summed E-state index contributed by atoms with van der Waals surface area (Å²) in [6, 6.07) is 8.98. The van der Waals surface area contributed by atoms with Crippen molar-refractivity contribution in [3.63, 3.8) is 0 Å². The van der Waals surface area contributed by atoms with Crippen LogP contribution in [0.2, 0.25) is 0 Å². The van der Waals surface area contributed by atoms with Gasteiger partial charge in [-0.25, -0.2) is 0 Å². The quantitative estimate of drug-likeness (QED) is 0.562. The Labute approximate surface area is 59.9 Å². The summed E-state index contributed by atoms with van der Waals surface area (Å²) in [7, 11) is 0. The van der Waals surface area contributed by atoms with Crippen LogP contribution < -0.4 is 5.73 Å². The molecule has 0 saturated heterocycles. The molecule has 1 aromatic carbocycles. The first-order valence-electron chi connectivity index (χ1n) is 2.97. The summed E-state index contributed by atoms with van der Waals surface area (Å²) < 4.78 is 0. The maximum absolute atomic E-state index is 8.70. The molecule has 0 aliphatic carbocycles. The smallest absolute Gasteiger partial charge is 0.0995 e. The second-order valence-corrected chi connectivity index (χ2v) is 1.93. The van der Waals surface area contributed by atoms with E-state index in [1.54, 1.807) is 24.3 Å². The van der Waals surface area contributed by atoms with Crippen LogP contribution in [0.5, 0.6) is 0 Å². The summed E-state index contributed by atoms with van der Waals surface area (Å²) in [5.74, 6) is 0. The lowest BCUT2D eigenvalue weighted by Crippen LogP contribution is -1.88. The zero-order valence-corrected chi connectivity index (χ0v) is 5.41. The van der Waals surface area contributed by atoms with Gasteiger partial charge in [0.15, 0.2) is 0 Å². The molecule has 0 N–H and O–H groups in total. The van der Waals surface area contributed by atoms with Crippen molar-refractivity contribution in [3.8, 4) is 6.07 Å². The summed E-state index contributed by atoms with van der Waals surface area (Å²) in [4.78, 5) is 0. The van der Waals surface area contributed by atoms with Gasteiger partial charge >= 0.3 is 0 Å². The van der Waals surface area contributed by atoms with E-state index in [1.807, 2.05) is 6.07 Å². The van der Waals surface area contributed by atoms with Crippen molar-refractivity contribution < 1.29 is 0 Å². The van der Waals surface area contributed by atoms with Crippen LogP contribution in [-0.4, -0.2) is 0 Å². The third-order valence-electron chi connectivity index (χ3n) is 1.31. The number of hydrogen-bond donors (Lipinski definition) is 0. The molecule has 1 aromatic rings. The monoisotopic (exact) mass is 130 g/mol. The lowest BCUT2D eigenvalue weighted by molar-refractivity contribution is 1.02. The van der Waals surface area contributed by atoms with Crippen LogP contribution in [0.15, 0.2) is 24.3 Å².